The van der Waals surface area contributed by atoms with Gasteiger partial charge in [0.1, 0.15) is 5.76 Å². The predicted octanol–water partition coefficient (Wildman–Crippen LogP) is 1.32. The third kappa shape index (κ3) is 1.93. The second kappa shape index (κ2) is 5.90. The van der Waals surface area contributed by atoms with Crippen molar-refractivity contribution < 1.29 is 39.6 Å². The molecule has 4 N–H and O–H groups in total. The number of hydrogen-bond acceptors (Lipinski definition) is 6. The molecule has 0 aromatic heterocycles. The summed E-state index contributed by atoms with van der Waals surface area (Å²) in [6.45, 7) is 5.43. The maximum atomic E-state index is 12.4. The summed E-state index contributed by atoms with van der Waals surface area (Å²) in [5.74, 6) is -7.75. The Morgan fingerprint density at radius 3 is 2.08 bits per heavy atom. The molecule has 4 atom stereocenters. The molecule has 0 saturated heterocycles. The Kier molecular flexibility index (Phi) is 4.56. The Morgan fingerprint density at radius 1 is 1.19 bits per heavy atom. The first-order valence-corrected chi connectivity index (χ1v) is 8.52. The van der Waals surface area contributed by atoms with Crippen LogP contribution in [0, 0.1) is 22.7 Å². The maximum Gasteiger partial charge on any atom is 0.325 e. The van der Waals surface area contributed by atoms with Gasteiger partial charge in [0.05, 0.1) is 16.6 Å². The predicted molar refractivity (Wildman–Crippen MR) is 88.3 cm³/mol. The fraction of sp³-hybridized carbons (Fsp3) is 0.667. The number of aliphatic hydroxyl groups excluding tert-OH is 1. The number of allylic oxidation sites excluding steroid dienone is 2. The second-order valence-corrected chi connectivity index (χ2v) is 7.54. The number of carbonyl (C=O) groups excluding carboxylic acids is 2. The van der Waals surface area contributed by atoms with E-state index in [2.05, 4.69) is 0 Å². The molecule has 1 fully saturated rings. The fourth-order valence-electron chi connectivity index (χ4n) is 5.40. The summed E-state index contributed by atoms with van der Waals surface area (Å²) in [5.41, 5.74) is -7.60. The molecule has 0 unspecified atom stereocenters. The Morgan fingerprint density at radius 2 is 1.69 bits per heavy atom. The van der Waals surface area contributed by atoms with E-state index < -0.39 is 63.1 Å². The number of ketones is 2. The number of carbonyl (C=O) groups is 4. The molecular weight excluding hydrogens is 344 g/mol. The number of carboxylic acid groups (broad SMARTS) is 2. The van der Waals surface area contributed by atoms with Gasteiger partial charge in [-0.2, -0.15) is 0 Å². The van der Waals surface area contributed by atoms with E-state index in [-0.39, 0.29) is 12.8 Å². The highest BCUT2D eigenvalue weighted by molar-refractivity contribution is 6.21. The number of carboxylic acids is 2. The molecule has 8 heteroatoms. The van der Waals surface area contributed by atoms with E-state index in [1.807, 2.05) is 0 Å². The van der Waals surface area contributed by atoms with E-state index in [4.69, 9.17) is 0 Å². The van der Waals surface area contributed by atoms with Gasteiger partial charge >= 0.3 is 11.9 Å². The molecule has 8 nitrogen and oxygen atoms in total. The maximum absolute atomic E-state index is 12.4. The van der Waals surface area contributed by atoms with Crippen molar-refractivity contribution in [2.45, 2.75) is 52.6 Å². The SMILES string of the molecule is CCC[C@]1(O)[C@@H](C)[C@@H]2CC(=O)C(C(C)=O)=C(O)[C@]2(C)C1(C(=O)O)C(=O)O. The van der Waals surface area contributed by atoms with Gasteiger partial charge in [-0.3, -0.25) is 19.2 Å². The van der Waals surface area contributed by atoms with Crippen molar-refractivity contribution in [2.24, 2.45) is 22.7 Å². The molecule has 0 amide bonds. The lowest BCUT2D eigenvalue weighted by Gasteiger charge is -2.46. The Balaban J connectivity index is 3.01. The van der Waals surface area contributed by atoms with Crippen molar-refractivity contribution in [1.29, 1.82) is 0 Å². The quantitative estimate of drug-likeness (QED) is 0.419. The molecule has 0 bridgehead atoms. The zero-order valence-corrected chi connectivity index (χ0v) is 15.2. The number of rotatable bonds is 5. The molecule has 1 saturated carbocycles. The minimum atomic E-state index is -2.80. The fourth-order valence-corrected chi connectivity index (χ4v) is 5.40. The Bertz CT molecular complexity index is 721. The normalized spacial score (nSPS) is 36.0. The topological polar surface area (TPSA) is 149 Å². The van der Waals surface area contributed by atoms with E-state index in [9.17, 15) is 39.6 Å². The van der Waals surface area contributed by atoms with Crippen molar-refractivity contribution in [1.82, 2.24) is 0 Å². The van der Waals surface area contributed by atoms with Gasteiger partial charge in [0, 0.05) is 6.42 Å². The van der Waals surface area contributed by atoms with Crippen LogP contribution < -0.4 is 0 Å². The molecule has 2 aliphatic rings. The lowest BCUT2D eigenvalue weighted by Crippen LogP contribution is -2.63. The summed E-state index contributed by atoms with van der Waals surface area (Å²) >= 11 is 0. The minimum Gasteiger partial charge on any atom is -0.511 e. The van der Waals surface area contributed by atoms with Gasteiger partial charge in [0.15, 0.2) is 11.6 Å². The molecule has 2 aliphatic carbocycles. The molecule has 0 heterocycles. The first-order valence-electron chi connectivity index (χ1n) is 8.52. The molecular formula is C18H24O8. The van der Waals surface area contributed by atoms with Crippen LogP contribution in [0.15, 0.2) is 11.3 Å². The molecule has 0 aromatic rings. The van der Waals surface area contributed by atoms with Crippen LogP contribution >= 0.6 is 0 Å². The zero-order chi connectivity index (χ0) is 20.2. The summed E-state index contributed by atoms with van der Waals surface area (Å²) in [6, 6.07) is 0. The van der Waals surface area contributed by atoms with Crippen LogP contribution in [0.3, 0.4) is 0 Å². The first-order chi connectivity index (χ1) is 11.9. The van der Waals surface area contributed by atoms with Gasteiger partial charge in [-0.1, -0.05) is 27.2 Å². The summed E-state index contributed by atoms with van der Waals surface area (Å²) in [4.78, 5) is 48.9. The van der Waals surface area contributed by atoms with Crippen LogP contribution in [0.5, 0.6) is 0 Å². The summed E-state index contributed by atoms with van der Waals surface area (Å²) in [5, 5.41) is 42.1. The van der Waals surface area contributed by atoms with Gasteiger partial charge in [-0.05, 0) is 25.2 Å². The van der Waals surface area contributed by atoms with E-state index >= 15 is 0 Å². The van der Waals surface area contributed by atoms with Crippen LogP contribution in [0.25, 0.3) is 0 Å². The van der Waals surface area contributed by atoms with E-state index in [1.165, 1.54) is 13.8 Å². The average molecular weight is 368 g/mol. The van der Waals surface area contributed by atoms with Gasteiger partial charge in [-0.15, -0.1) is 0 Å². The van der Waals surface area contributed by atoms with Gasteiger partial charge < -0.3 is 20.4 Å². The lowest BCUT2D eigenvalue weighted by molar-refractivity contribution is -0.198. The monoisotopic (exact) mass is 368 g/mol. The third-order valence-electron chi connectivity index (χ3n) is 6.56. The van der Waals surface area contributed by atoms with E-state index in [1.54, 1.807) is 6.92 Å². The van der Waals surface area contributed by atoms with Crippen molar-refractivity contribution in [3.05, 3.63) is 11.3 Å². The summed E-state index contributed by atoms with van der Waals surface area (Å²) in [7, 11) is 0. The highest BCUT2D eigenvalue weighted by atomic mass is 16.4. The van der Waals surface area contributed by atoms with Crippen molar-refractivity contribution in [3.63, 3.8) is 0 Å². The highest BCUT2D eigenvalue weighted by Gasteiger charge is 2.82. The highest BCUT2D eigenvalue weighted by Crippen LogP contribution is 2.70. The van der Waals surface area contributed by atoms with Crippen molar-refractivity contribution in [3.8, 4) is 0 Å². The standard InChI is InChI=1S/C18H24O8/c1-5-6-17(26)8(2)10-7-11(20)12(9(3)19)13(21)16(10,4)18(17,14(22)23)15(24)25/h8,10,21,26H,5-7H2,1-4H3,(H,22,23)(H,24,25)/t8-,10-,16+,17-/m0/s1. The lowest BCUT2D eigenvalue weighted by atomic mass is 9.55. The van der Waals surface area contributed by atoms with Crippen LogP contribution in [0.4, 0.5) is 0 Å². The average Bonchev–Trinajstić information content (AvgIpc) is 2.64. The van der Waals surface area contributed by atoms with Gasteiger partial charge in [0.25, 0.3) is 0 Å². The molecule has 0 aromatic carbocycles. The van der Waals surface area contributed by atoms with E-state index in [0.29, 0.717) is 6.42 Å². The molecule has 0 aliphatic heterocycles. The van der Waals surface area contributed by atoms with Crippen LogP contribution in [-0.2, 0) is 19.2 Å². The summed E-state index contributed by atoms with van der Waals surface area (Å²) < 4.78 is 0. The Labute approximate surface area is 150 Å². The number of fused-ring (bicyclic) bond motifs is 1. The molecule has 144 valence electrons. The van der Waals surface area contributed by atoms with Crippen LogP contribution in [0.1, 0.15) is 47.0 Å². The van der Waals surface area contributed by atoms with Crippen LogP contribution in [-0.4, -0.2) is 49.5 Å². The Hall–Kier alpha value is -2.22. The zero-order valence-electron chi connectivity index (χ0n) is 15.2. The molecule has 0 spiro atoms. The number of Topliss-reactive ketones (excluding diaryl/α,β-unsaturated/α-hetero) is 2. The number of aliphatic hydroxyl groups is 2. The first kappa shape index (κ1) is 20.1. The number of hydrogen-bond donors (Lipinski definition) is 4. The largest absolute Gasteiger partial charge is 0.511 e. The minimum absolute atomic E-state index is 0.143. The smallest absolute Gasteiger partial charge is 0.325 e. The molecule has 2 rings (SSSR count). The van der Waals surface area contributed by atoms with Gasteiger partial charge in [0.2, 0.25) is 5.41 Å². The van der Waals surface area contributed by atoms with Crippen molar-refractivity contribution >= 4 is 23.5 Å². The molecule has 0 radical (unpaired) electrons. The third-order valence-corrected chi connectivity index (χ3v) is 6.56. The second-order valence-electron chi connectivity index (χ2n) is 7.54. The van der Waals surface area contributed by atoms with Crippen molar-refractivity contribution in [2.75, 3.05) is 0 Å². The van der Waals surface area contributed by atoms with Crippen LogP contribution in [0.2, 0.25) is 0 Å². The molecule has 26 heavy (non-hydrogen) atoms. The summed E-state index contributed by atoms with van der Waals surface area (Å²) in [6.07, 6.45) is -0.162. The van der Waals surface area contributed by atoms with E-state index in [0.717, 1.165) is 6.92 Å². The number of aliphatic carboxylic acids is 2. The van der Waals surface area contributed by atoms with Gasteiger partial charge in [-0.25, -0.2) is 0 Å².